The van der Waals surface area contributed by atoms with Gasteiger partial charge in [0.15, 0.2) is 5.82 Å². The molecule has 4 N–H and O–H groups in total. The standard InChI is InChI=1S/C11H16N4O4/c12-9-10(13-6-14-11(9)18)15-3-1-7(2-4-15)19-5-8(16)17/h6-7H,1-5,12H2,(H,16,17)(H,13,14,18). The molecule has 2 rings (SSSR count). The Morgan fingerprint density at radius 2 is 2.26 bits per heavy atom. The van der Waals surface area contributed by atoms with Crippen molar-refractivity contribution < 1.29 is 14.6 Å². The van der Waals surface area contributed by atoms with E-state index in [-0.39, 0.29) is 24.0 Å². The van der Waals surface area contributed by atoms with E-state index in [9.17, 15) is 9.59 Å². The molecule has 0 unspecified atom stereocenters. The van der Waals surface area contributed by atoms with Gasteiger partial charge in [-0.15, -0.1) is 0 Å². The molecule has 0 aliphatic carbocycles. The summed E-state index contributed by atoms with van der Waals surface area (Å²) in [5.74, 6) is -0.497. The molecule has 2 heterocycles. The number of hydrogen-bond donors (Lipinski definition) is 3. The monoisotopic (exact) mass is 268 g/mol. The van der Waals surface area contributed by atoms with Gasteiger partial charge in [-0.1, -0.05) is 0 Å². The van der Waals surface area contributed by atoms with Gasteiger partial charge in [-0.2, -0.15) is 0 Å². The molecule has 1 aliphatic heterocycles. The van der Waals surface area contributed by atoms with E-state index in [2.05, 4.69) is 9.97 Å². The van der Waals surface area contributed by atoms with Gasteiger partial charge in [0.1, 0.15) is 12.3 Å². The number of nitrogens with two attached hydrogens (primary N) is 1. The summed E-state index contributed by atoms with van der Waals surface area (Å²) in [6, 6.07) is 0. The maximum atomic E-state index is 11.4. The topological polar surface area (TPSA) is 122 Å². The molecule has 0 radical (unpaired) electrons. The molecule has 0 spiro atoms. The molecule has 8 nitrogen and oxygen atoms in total. The fourth-order valence-electron chi connectivity index (χ4n) is 2.08. The number of anilines is 2. The molecule has 0 amide bonds. The van der Waals surface area contributed by atoms with Crippen LogP contribution in [0.5, 0.6) is 0 Å². The molecule has 104 valence electrons. The van der Waals surface area contributed by atoms with E-state index in [0.29, 0.717) is 31.7 Å². The van der Waals surface area contributed by atoms with Crippen molar-refractivity contribution in [1.82, 2.24) is 9.97 Å². The number of aromatic nitrogens is 2. The highest BCUT2D eigenvalue weighted by molar-refractivity contribution is 5.68. The normalized spacial score (nSPS) is 16.5. The Labute approximate surface area is 109 Å². The maximum Gasteiger partial charge on any atom is 0.329 e. The fraction of sp³-hybridized carbons (Fsp3) is 0.545. The zero-order chi connectivity index (χ0) is 13.8. The second kappa shape index (κ2) is 5.70. The number of carbonyl (C=O) groups is 1. The van der Waals surface area contributed by atoms with Gasteiger partial charge >= 0.3 is 5.97 Å². The summed E-state index contributed by atoms with van der Waals surface area (Å²) in [7, 11) is 0. The quantitative estimate of drug-likeness (QED) is 0.668. The lowest BCUT2D eigenvalue weighted by Gasteiger charge is -2.32. The second-order valence-electron chi connectivity index (χ2n) is 4.36. The first-order valence-electron chi connectivity index (χ1n) is 5.99. The summed E-state index contributed by atoms with van der Waals surface area (Å²) in [6.07, 6.45) is 2.61. The lowest BCUT2D eigenvalue weighted by molar-refractivity contribution is -0.144. The SMILES string of the molecule is Nc1c(N2CCC(OCC(=O)O)CC2)nc[nH]c1=O. The van der Waals surface area contributed by atoms with Crippen LogP contribution in [0.4, 0.5) is 11.5 Å². The molecule has 1 aromatic rings. The highest BCUT2D eigenvalue weighted by Gasteiger charge is 2.23. The number of rotatable bonds is 4. The molecule has 1 fully saturated rings. The van der Waals surface area contributed by atoms with Gasteiger partial charge in [0.05, 0.1) is 12.4 Å². The molecule has 1 aromatic heterocycles. The van der Waals surface area contributed by atoms with Crippen LogP contribution in [0.25, 0.3) is 0 Å². The summed E-state index contributed by atoms with van der Waals surface area (Å²) < 4.78 is 5.24. The highest BCUT2D eigenvalue weighted by atomic mass is 16.5. The Bertz CT molecular complexity index is 508. The number of nitrogens with one attached hydrogen (secondary N) is 1. The Kier molecular flexibility index (Phi) is 4.00. The smallest absolute Gasteiger partial charge is 0.329 e. The molecule has 0 bridgehead atoms. The Hall–Kier alpha value is -2.09. The minimum atomic E-state index is -0.970. The van der Waals surface area contributed by atoms with Gasteiger partial charge in [0.25, 0.3) is 5.56 Å². The number of carboxylic acids is 1. The van der Waals surface area contributed by atoms with Crippen LogP contribution >= 0.6 is 0 Å². The Morgan fingerprint density at radius 1 is 1.58 bits per heavy atom. The van der Waals surface area contributed by atoms with Crippen molar-refractivity contribution in [2.24, 2.45) is 0 Å². The number of piperidine rings is 1. The van der Waals surface area contributed by atoms with Crippen molar-refractivity contribution in [2.75, 3.05) is 30.3 Å². The first-order valence-corrected chi connectivity index (χ1v) is 5.99. The summed E-state index contributed by atoms with van der Waals surface area (Å²) in [4.78, 5) is 30.2. The minimum absolute atomic E-state index is 0.0735. The van der Waals surface area contributed by atoms with Crippen molar-refractivity contribution in [3.05, 3.63) is 16.7 Å². The van der Waals surface area contributed by atoms with Gasteiger partial charge in [0.2, 0.25) is 0 Å². The van der Waals surface area contributed by atoms with Gasteiger partial charge < -0.3 is 25.5 Å². The van der Waals surface area contributed by atoms with Crippen molar-refractivity contribution >= 4 is 17.5 Å². The number of hydrogen-bond acceptors (Lipinski definition) is 6. The van der Waals surface area contributed by atoms with Crippen LogP contribution < -0.4 is 16.2 Å². The van der Waals surface area contributed by atoms with Crippen LogP contribution in [0, 0.1) is 0 Å². The maximum absolute atomic E-state index is 11.4. The zero-order valence-corrected chi connectivity index (χ0v) is 10.3. The third kappa shape index (κ3) is 3.22. The van der Waals surface area contributed by atoms with Crippen molar-refractivity contribution in [3.8, 4) is 0 Å². The highest BCUT2D eigenvalue weighted by Crippen LogP contribution is 2.21. The van der Waals surface area contributed by atoms with Crippen LogP contribution in [-0.2, 0) is 9.53 Å². The van der Waals surface area contributed by atoms with E-state index in [0.717, 1.165) is 0 Å². The summed E-state index contributed by atoms with van der Waals surface area (Å²) >= 11 is 0. The summed E-state index contributed by atoms with van der Waals surface area (Å²) in [6.45, 7) is 0.978. The molecule has 1 aliphatic rings. The van der Waals surface area contributed by atoms with Crippen LogP contribution in [0.2, 0.25) is 0 Å². The number of nitrogens with zero attached hydrogens (tertiary/aromatic N) is 2. The molecule has 1 saturated heterocycles. The van der Waals surface area contributed by atoms with Crippen molar-refractivity contribution in [1.29, 1.82) is 0 Å². The molecule has 0 atom stereocenters. The van der Waals surface area contributed by atoms with Gasteiger partial charge in [-0.05, 0) is 12.8 Å². The summed E-state index contributed by atoms with van der Waals surface area (Å²) in [5.41, 5.74) is 5.44. The predicted octanol–water partition coefficient (Wildman–Crippen LogP) is -0.578. The fourth-order valence-corrected chi connectivity index (χ4v) is 2.08. The van der Waals surface area contributed by atoms with Crippen LogP contribution in [0.1, 0.15) is 12.8 Å². The largest absolute Gasteiger partial charge is 0.480 e. The lowest BCUT2D eigenvalue weighted by atomic mass is 10.1. The Balaban J connectivity index is 1.94. The average Bonchev–Trinajstić information content (AvgIpc) is 2.40. The van der Waals surface area contributed by atoms with Crippen LogP contribution in [0.3, 0.4) is 0 Å². The number of ether oxygens (including phenoxy) is 1. The third-order valence-electron chi connectivity index (χ3n) is 3.05. The predicted molar refractivity (Wildman–Crippen MR) is 68.1 cm³/mol. The molecule has 19 heavy (non-hydrogen) atoms. The first-order chi connectivity index (χ1) is 9.08. The number of nitrogen functional groups attached to an aromatic ring is 1. The van der Waals surface area contributed by atoms with Gasteiger partial charge in [-0.3, -0.25) is 4.79 Å². The molecular weight excluding hydrogens is 252 g/mol. The number of H-pyrrole nitrogens is 1. The third-order valence-corrected chi connectivity index (χ3v) is 3.05. The molecule has 8 heteroatoms. The number of carboxylic acid groups (broad SMARTS) is 1. The van der Waals surface area contributed by atoms with E-state index in [1.54, 1.807) is 0 Å². The summed E-state index contributed by atoms with van der Waals surface area (Å²) in [5, 5.41) is 8.54. The number of aromatic amines is 1. The van der Waals surface area contributed by atoms with E-state index in [4.69, 9.17) is 15.6 Å². The molecule has 0 aromatic carbocycles. The van der Waals surface area contributed by atoms with Gasteiger partial charge in [-0.25, -0.2) is 9.78 Å². The first kappa shape index (κ1) is 13.3. The van der Waals surface area contributed by atoms with Crippen LogP contribution in [-0.4, -0.2) is 46.8 Å². The van der Waals surface area contributed by atoms with Crippen molar-refractivity contribution in [2.45, 2.75) is 18.9 Å². The second-order valence-corrected chi connectivity index (χ2v) is 4.36. The number of aliphatic carboxylic acids is 1. The average molecular weight is 268 g/mol. The molecule has 0 saturated carbocycles. The van der Waals surface area contributed by atoms with E-state index in [1.165, 1.54) is 6.33 Å². The van der Waals surface area contributed by atoms with Crippen LogP contribution in [0.15, 0.2) is 11.1 Å². The lowest BCUT2D eigenvalue weighted by Crippen LogP contribution is -2.39. The Morgan fingerprint density at radius 3 is 2.89 bits per heavy atom. The minimum Gasteiger partial charge on any atom is -0.480 e. The van der Waals surface area contributed by atoms with Crippen molar-refractivity contribution in [3.63, 3.8) is 0 Å². The van der Waals surface area contributed by atoms with Gasteiger partial charge in [0, 0.05) is 13.1 Å². The van der Waals surface area contributed by atoms with E-state index in [1.807, 2.05) is 4.90 Å². The van der Waals surface area contributed by atoms with E-state index < -0.39 is 5.97 Å². The molecular formula is C11H16N4O4. The van der Waals surface area contributed by atoms with E-state index >= 15 is 0 Å². The zero-order valence-electron chi connectivity index (χ0n) is 10.3.